The lowest BCUT2D eigenvalue weighted by Gasteiger charge is -1.96. The molecule has 0 aliphatic carbocycles. The summed E-state index contributed by atoms with van der Waals surface area (Å²) >= 11 is 0. The second kappa shape index (κ2) is 17.5. The molecule has 0 bridgehead atoms. The molecule has 1 N–H and O–H groups in total. The zero-order valence-electron chi connectivity index (χ0n) is 14.0. The minimum absolute atomic E-state index is 0.309. The predicted molar refractivity (Wildman–Crippen MR) is 96.0 cm³/mol. The van der Waals surface area contributed by atoms with Crippen molar-refractivity contribution in [1.29, 1.82) is 0 Å². The first kappa shape index (κ1) is 20.4. The summed E-state index contributed by atoms with van der Waals surface area (Å²) in [6.45, 7) is 2.15. The van der Waals surface area contributed by atoms with Gasteiger partial charge in [0.1, 0.15) is 0 Å². The second-order valence-electron chi connectivity index (χ2n) is 5.35. The fraction of sp³-hybridized carbons (Fsp3) is 0.550. The lowest BCUT2D eigenvalue weighted by atomic mass is 10.1. The van der Waals surface area contributed by atoms with E-state index in [1.807, 2.05) is 0 Å². The average molecular weight is 304 g/mol. The zero-order chi connectivity index (χ0) is 16.3. The number of hydrogen-bond acceptors (Lipinski definition) is 1. The number of hydrogen-bond donors (Lipinski definition) is 1. The first-order chi connectivity index (χ1) is 10.8. The summed E-state index contributed by atoms with van der Waals surface area (Å²) in [5, 5.41) is 8.51. The number of aliphatic carboxylic acids is 1. The Labute approximate surface area is 136 Å². The van der Waals surface area contributed by atoms with Gasteiger partial charge < -0.3 is 5.11 Å². The monoisotopic (exact) mass is 304 g/mol. The fourth-order valence-electron chi connectivity index (χ4n) is 1.99. The van der Waals surface area contributed by atoms with Crippen LogP contribution in [-0.4, -0.2) is 11.1 Å². The number of carboxylic acids is 1. The van der Waals surface area contributed by atoms with Gasteiger partial charge in [-0.25, -0.2) is 0 Å². The molecule has 0 aliphatic rings. The van der Waals surface area contributed by atoms with Gasteiger partial charge in [0.15, 0.2) is 0 Å². The number of unbranched alkanes of at least 4 members (excludes halogenated alkanes) is 4. The van der Waals surface area contributed by atoms with Gasteiger partial charge in [0.2, 0.25) is 0 Å². The van der Waals surface area contributed by atoms with Gasteiger partial charge >= 0.3 is 5.97 Å². The van der Waals surface area contributed by atoms with E-state index in [1.54, 1.807) is 0 Å². The number of carbonyl (C=O) groups is 1. The fourth-order valence-corrected chi connectivity index (χ4v) is 1.99. The number of allylic oxidation sites excluding steroid dienone is 8. The molecule has 0 saturated carbocycles. The molecule has 2 nitrogen and oxygen atoms in total. The van der Waals surface area contributed by atoms with Crippen molar-refractivity contribution in [3.8, 4) is 0 Å². The maximum Gasteiger partial charge on any atom is 0.303 e. The summed E-state index contributed by atoms with van der Waals surface area (Å²) in [6, 6.07) is 0. The molecule has 0 rings (SSSR count). The van der Waals surface area contributed by atoms with E-state index in [4.69, 9.17) is 5.11 Å². The molecule has 0 aromatic carbocycles. The van der Waals surface area contributed by atoms with Gasteiger partial charge in [-0.05, 0) is 44.9 Å². The SMILES string of the molecule is CCC=CCC=CCC=CC/C=C/CCCCCCC(=O)O. The molecule has 0 heterocycles. The van der Waals surface area contributed by atoms with Crippen LogP contribution >= 0.6 is 0 Å². The standard InChI is InChI=1S/C20H32O2/c1-2-3-4-5-6-7-8-9-10-11-12-13-14-15-16-17-18-19-20(21)22/h3-4,6-7,9-10,12-13H,2,5,8,11,14-19H2,1H3,(H,21,22)/b4-3?,7-6?,10-9?,13-12+. The van der Waals surface area contributed by atoms with Crippen LogP contribution in [0.4, 0.5) is 0 Å². The summed E-state index contributed by atoms with van der Waals surface area (Å²) in [6.07, 6.45) is 27.4. The predicted octanol–water partition coefficient (Wildman–Crippen LogP) is 6.22. The maximum atomic E-state index is 10.3. The third-order valence-electron chi connectivity index (χ3n) is 3.23. The first-order valence-electron chi connectivity index (χ1n) is 8.59. The first-order valence-corrected chi connectivity index (χ1v) is 8.59. The van der Waals surface area contributed by atoms with Crippen molar-refractivity contribution >= 4 is 5.97 Å². The summed E-state index contributed by atoms with van der Waals surface area (Å²) in [5.74, 6) is -0.682. The molecule has 0 spiro atoms. The van der Waals surface area contributed by atoms with Crippen LogP contribution in [0.3, 0.4) is 0 Å². The van der Waals surface area contributed by atoms with E-state index in [2.05, 4.69) is 55.5 Å². The van der Waals surface area contributed by atoms with Gasteiger partial charge in [0, 0.05) is 6.42 Å². The van der Waals surface area contributed by atoms with E-state index in [1.165, 1.54) is 0 Å². The maximum absolute atomic E-state index is 10.3. The Morgan fingerprint density at radius 3 is 1.77 bits per heavy atom. The molecule has 2 heteroatoms. The lowest BCUT2D eigenvalue weighted by molar-refractivity contribution is -0.137. The quantitative estimate of drug-likeness (QED) is 0.305. The molecule has 0 atom stereocenters. The molecule has 22 heavy (non-hydrogen) atoms. The summed E-state index contributed by atoms with van der Waals surface area (Å²) < 4.78 is 0. The van der Waals surface area contributed by atoms with Crippen LogP contribution < -0.4 is 0 Å². The van der Waals surface area contributed by atoms with E-state index in [9.17, 15) is 4.79 Å². The van der Waals surface area contributed by atoms with Crippen LogP contribution in [0.25, 0.3) is 0 Å². The number of rotatable bonds is 14. The molecule has 0 unspecified atom stereocenters. The van der Waals surface area contributed by atoms with Crippen molar-refractivity contribution in [2.75, 3.05) is 0 Å². The number of carboxylic acid groups (broad SMARTS) is 1. The van der Waals surface area contributed by atoms with Gasteiger partial charge in [-0.2, -0.15) is 0 Å². The highest BCUT2D eigenvalue weighted by atomic mass is 16.4. The van der Waals surface area contributed by atoms with E-state index in [0.717, 1.165) is 57.8 Å². The van der Waals surface area contributed by atoms with Gasteiger partial charge in [-0.15, -0.1) is 0 Å². The van der Waals surface area contributed by atoms with E-state index in [0.29, 0.717) is 6.42 Å². The normalized spacial score (nSPS) is 12.4. The van der Waals surface area contributed by atoms with Crippen molar-refractivity contribution < 1.29 is 9.90 Å². The Bertz CT molecular complexity index is 362. The smallest absolute Gasteiger partial charge is 0.303 e. The Balaban J connectivity index is 3.34. The topological polar surface area (TPSA) is 37.3 Å². The molecule has 0 aromatic heterocycles. The Kier molecular flexibility index (Phi) is 16.2. The molecule has 0 fully saturated rings. The zero-order valence-corrected chi connectivity index (χ0v) is 14.0. The Morgan fingerprint density at radius 2 is 1.23 bits per heavy atom. The molecular formula is C20H32O2. The second-order valence-corrected chi connectivity index (χ2v) is 5.35. The summed E-state index contributed by atoms with van der Waals surface area (Å²) in [7, 11) is 0. The molecular weight excluding hydrogens is 272 g/mol. The lowest BCUT2D eigenvalue weighted by Crippen LogP contribution is -1.93. The van der Waals surface area contributed by atoms with Crippen LogP contribution in [0.5, 0.6) is 0 Å². The van der Waals surface area contributed by atoms with Crippen molar-refractivity contribution in [2.24, 2.45) is 0 Å². The molecule has 124 valence electrons. The highest BCUT2D eigenvalue weighted by molar-refractivity contribution is 5.66. The highest BCUT2D eigenvalue weighted by Crippen LogP contribution is 2.06. The Hall–Kier alpha value is -1.57. The van der Waals surface area contributed by atoms with Crippen LogP contribution in [-0.2, 0) is 4.79 Å². The van der Waals surface area contributed by atoms with Crippen molar-refractivity contribution in [3.63, 3.8) is 0 Å². The summed E-state index contributed by atoms with van der Waals surface area (Å²) in [5.41, 5.74) is 0. The van der Waals surface area contributed by atoms with Gasteiger partial charge in [-0.1, -0.05) is 68.4 Å². The average Bonchev–Trinajstić information content (AvgIpc) is 2.50. The van der Waals surface area contributed by atoms with Crippen molar-refractivity contribution in [3.05, 3.63) is 48.6 Å². The summed E-state index contributed by atoms with van der Waals surface area (Å²) in [4.78, 5) is 10.3. The van der Waals surface area contributed by atoms with Crippen LogP contribution in [0.1, 0.15) is 71.1 Å². The molecule has 0 saturated heterocycles. The highest BCUT2D eigenvalue weighted by Gasteiger charge is 1.95. The minimum Gasteiger partial charge on any atom is -0.481 e. The van der Waals surface area contributed by atoms with E-state index >= 15 is 0 Å². The van der Waals surface area contributed by atoms with Crippen molar-refractivity contribution in [1.82, 2.24) is 0 Å². The van der Waals surface area contributed by atoms with E-state index < -0.39 is 5.97 Å². The Morgan fingerprint density at radius 1 is 0.727 bits per heavy atom. The van der Waals surface area contributed by atoms with Crippen LogP contribution in [0.15, 0.2) is 48.6 Å². The molecule has 0 aromatic rings. The van der Waals surface area contributed by atoms with Crippen LogP contribution in [0.2, 0.25) is 0 Å². The largest absolute Gasteiger partial charge is 0.481 e. The molecule has 0 radical (unpaired) electrons. The van der Waals surface area contributed by atoms with Gasteiger partial charge in [0.05, 0.1) is 0 Å². The third kappa shape index (κ3) is 18.4. The minimum atomic E-state index is -0.682. The molecule has 0 amide bonds. The van der Waals surface area contributed by atoms with Gasteiger partial charge in [0.25, 0.3) is 0 Å². The van der Waals surface area contributed by atoms with Crippen LogP contribution in [0, 0.1) is 0 Å². The van der Waals surface area contributed by atoms with E-state index in [-0.39, 0.29) is 0 Å². The third-order valence-corrected chi connectivity index (χ3v) is 3.23. The van der Waals surface area contributed by atoms with Crippen molar-refractivity contribution in [2.45, 2.75) is 71.1 Å². The van der Waals surface area contributed by atoms with Gasteiger partial charge in [-0.3, -0.25) is 4.79 Å². The molecule has 0 aliphatic heterocycles.